The highest BCUT2D eigenvalue weighted by Gasteiger charge is 2.22. The van der Waals surface area contributed by atoms with E-state index in [1.807, 2.05) is 36.4 Å². The molecular weight excluding hydrogens is 348 g/mol. The summed E-state index contributed by atoms with van der Waals surface area (Å²) < 4.78 is 6.50. The van der Waals surface area contributed by atoms with Crippen LogP contribution in [-0.2, 0) is 11.3 Å². The van der Waals surface area contributed by atoms with E-state index >= 15 is 0 Å². The van der Waals surface area contributed by atoms with Gasteiger partial charge in [0.05, 0.1) is 10.2 Å². The van der Waals surface area contributed by atoms with Crippen LogP contribution in [0.5, 0.6) is 0 Å². The van der Waals surface area contributed by atoms with Gasteiger partial charge in [0.1, 0.15) is 6.61 Å². The molecule has 0 spiro atoms. The molecule has 1 aromatic heterocycles. The maximum Gasteiger partial charge on any atom is 0.410 e. The van der Waals surface area contributed by atoms with Crippen LogP contribution in [-0.4, -0.2) is 42.2 Å². The van der Waals surface area contributed by atoms with Crippen LogP contribution in [0.3, 0.4) is 0 Å². The van der Waals surface area contributed by atoms with Crippen LogP contribution in [0.2, 0.25) is 0 Å². The Morgan fingerprint density at radius 3 is 2.65 bits per heavy atom. The van der Waals surface area contributed by atoms with Crippen LogP contribution in [0.4, 0.5) is 15.6 Å². The molecule has 7 heteroatoms. The van der Waals surface area contributed by atoms with Crippen molar-refractivity contribution in [2.45, 2.75) is 6.61 Å². The van der Waals surface area contributed by atoms with Crippen molar-refractivity contribution in [2.24, 2.45) is 0 Å². The minimum Gasteiger partial charge on any atom is -0.445 e. The van der Waals surface area contributed by atoms with Gasteiger partial charge < -0.3 is 20.3 Å². The van der Waals surface area contributed by atoms with E-state index in [-0.39, 0.29) is 6.09 Å². The zero-order valence-corrected chi connectivity index (χ0v) is 15.1. The number of nitrogen functional groups attached to an aromatic ring is 1. The first-order chi connectivity index (χ1) is 12.7. The monoisotopic (exact) mass is 368 g/mol. The molecule has 1 aliphatic heterocycles. The summed E-state index contributed by atoms with van der Waals surface area (Å²) in [5, 5.41) is 0.586. The van der Waals surface area contributed by atoms with Crippen molar-refractivity contribution in [3.63, 3.8) is 0 Å². The number of piperazine rings is 1. The summed E-state index contributed by atoms with van der Waals surface area (Å²) >= 11 is 1.50. The van der Waals surface area contributed by atoms with Gasteiger partial charge in [-0.05, 0) is 23.8 Å². The minimum atomic E-state index is -0.251. The Balaban J connectivity index is 1.33. The van der Waals surface area contributed by atoms with Gasteiger partial charge >= 0.3 is 6.09 Å². The summed E-state index contributed by atoms with van der Waals surface area (Å²) in [5.41, 5.74) is 8.84. The molecule has 2 heterocycles. The molecule has 1 fully saturated rings. The fraction of sp³-hybridized carbons (Fsp3) is 0.263. The summed E-state index contributed by atoms with van der Waals surface area (Å²) in [7, 11) is 0. The molecule has 3 aromatic rings. The van der Waals surface area contributed by atoms with Gasteiger partial charge in [-0.25, -0.2) is 9.78 Å². The van der Waals surface area contributed by atoms with Gasteiger partial charge in [-0.2, -0.15) is 0 Å². The van der Waals surface area contributed by atoms with Crippen molar-refractivity contribution < 1.29 is 9.53 Å². The highest BCUT2D eigenvalue weighted by molar-refractivity contribution is 7.22. The van der Waals surface area contributed by atoms with Crippen LogP contribution in [0.1, 0.15) is 5.56 Å². The second kappa shape index (κ2) is 7.21. The van der Waals surface area contributed by atoms with Crippen LogP contribution < -0.4 is 10.6 Å². The molecule has 1 saturated heterocycles. The van der Waals surface area contributed by atoms with Crippen molar-refractivity contribution in [1.29, 1.82) is 0 Å². The quantitative estimate of drug-likeness (QED) is 0.768. The molecule has 26 heavy (non-hydrogen) atoms. The second-order valence-electron chi connectivity index (χ2n) is 6.22. The lowest BCUT2D eigenvalue weighted by Gasteiger charge is -2.35. The predicted molar refractivity (Wildman–Crippen MR) is 104 cm³/mol. The van der Waals surface area contributed by atoms with Gasteiger partial charge in [-0.3, -0.25) is 0 Å². The molecule has 1 amide bonds. The average Bonchev–Trinajstić information content (AvgIpc) is 3.06. The third-order valence-electron chi connectivity index (χ3n) is 4.50. The number of nitrogens with zero attached hydrogens (tertiary/aromatic N) is 3. The Hall–Kier alpha value is -2.80. The molecule has 2 aromatic carbocycles. The Kier molecular flexibility index (Phi) is 4.62. The highest BCUT2D eigenvalue weighted by Crippen LogP contribution is 2.28. The molecular formula is C19H20N4O2S. The largest absolute Gasteiger partial charge is 0.445 e. The lowest BCUT2D eigenvalue weighted by Crippen LogP contribution is -2.48. The van der Waals surface area contributed by atoms with Crippen LogP contribution >= 0.6 is 11.3 Å². The maximum absolute atomic E-state index is 12.3. The molecule has 0 unspecified atom stereocenters. The predicted octanol–water partition coefficient (Wildman–Crippen LogP) is 3.34. The molecule has 0 saturated carbocycles. The molecule has 0 atom stereocenters. The first-order valence-corrected chi connectivity index (χ1v) is 9.37. The Bertz CT molecular complexity index is 904. The molecule has 2 N–H and O–H groups in total. The van der Waals surface area contributed by atoms with Gasteiger partial charge in [0.2, 0.25) is 0 Å². The van der Waals surface area contributed by atoms with E-state index in [0.29, 0.717) is 24.8 Å². The van der Waals surface area contributed by atoms with Crippen LogP contribution in [0.15, 0.2) is 48.5 Å². The Morgan fingerprint density at radius 1 is 1.12 bits per heavy atom. The van der Waals surface area contributed by atoms with Gasteiger partial charge in [-0.1, -0.05) is 41.7 Å². The number of carbonyl (C=O) groups is 1. The fourth-order valence-electron chi connectivity index (χ4n) is 3.09. The summed E-state index contributed by atoms with van der Waals surface area (Å²) in [4.78, 5) is 20.6. The third kappa shape index (κ3) is 3.57. The highest BCUT2D eigenvalue weighted by atomic mass is 32.1. The molecule has 0 aliphatic carbocycles. The van der Waals surface area contributed by atoms with Crippen LogP contribution in [0.25, 0.3) is 10.2 Å². The number of nitrogens with two attached hydrogens (primary N) is 1. The van der Waals surface area contributed by atoms with E-state index < -0.39 is 0 Å². The molecule has 0 radical (unpaired) electrons. The van der Waals surface area contributed by atoms with Gasteiger partial charge in [0.25, 0.3) is 0 Å². The van der Waals surface area contributed by atoms with Gasteiger partial charge in [0.15, 0.2) is 5.13 Å². The normalized spacial score (nSPS) is 14.6. The standard InChI is InChI=1S/C19H20N4O2S/c20-18-21-16-7-6-15(12-17(16)26-18)22-8-10-23(11-9-22)19(24)25-13-14-4-2-1-3-5-14/h1-7,12H,8-11,13H2,(H2,20,21). The number of benzene rings is 2. The number of fused-ring (bicyclic) bond motifs is 1. The number of hydrogen-bond acceptors (Lipinski definition) is 6. The van der Waals surface area contributed by atoms with Crippen molar-refractivity contribution in [3.8, 4) is 0 Å². The SMILES string of the molecule is Nc1nc2ccc(N3CCN(C(=O)OCc4ccccc4)CC3)cc2s1. The number of thiazole rings is 1. The first-order valence-electron chi connectivity index (χ1n) is 8.56. The lowest BCUT2D eigenvalue weighted by atomic mass is 10.2. The summed E-state index contributed by atoms with van der Waals surface area (Å²) in [6.07, 6.45) is -0.251. The Labute approximate surface area is 155 Å². The molecule has 6 nitrogen and oxygen atoms in total. The fourth-order valence-corrected chi connectivity index (χ4v) is 3.85. The van der Waals surface area contributed by atoms with E-state index in [4.69, 9.17) is 10.5 Å². The number of ether oxygens (including phenoxy) is 1. The summed E-state index contributed by atoms with van der Waals surface area (Å²) in [5.74, 6) is 0. The number of carbonyl (C=O) groups excluding carboxylic acids is 1. The minimum absolute atomic E-state index is 0.251. The topological polar surface area (TPSA) is 71.7 Å². The van der Waals surface area contributed by atoms with Crippen molar-refractivity contribution >= 4 is 38.5 Å². The molecule has 134 valence electrons. The lowest BCUT2D eigenvalue weighted by molar-refractivity contribution is 0.0942. The van der Waals surface area contributed by atoms with Crippen molar-refractivity contribution in [2.75, 3.05) is 36.8 Å². The van der Waals surface area contributed by atoms with Gasteiger partial charge in [-0.15, -0.1) is 0 Å². The van der Waals surface area contributed by atoms with Gasteiger partial charge in [0, 0.05) is 31.9 Å². The number of hydrogen-bond donors (Lipinski definition) is 1. The van der Waals surface area contributed by atoms with E-state index in [9.17, 15) is 4.79 Å². The zero-order valence-electron chi connectivity index (χ0n) is 14.3. The first kappa shape index (κ1) is 16.7. The Morgan fingerprint density at radius 2 is 1.88 bits per heavy atom. The molecule has 1 aliphatic rings. The number of anilines is 2. The second-order valence-corrected chi connectivity index (χ2v) is 7.28. The third-order valence-corrected chi connectivity index (χ3v) is 5.34. The smallest absolute Gasteiger partial charge is 0.410 e. The summed E-state index contributed by atoms with van der Waals surface area (Å²) in [6, 6.07) is 15.9. The van der Waals surface area contributed by atoms with E-state index in [1.54, 1.807) is 4.90 Å². The van der Waals surface area contributed by atoms with E-state index in [0.717, 1.165) is 34.6 Å². The molecule has 0 bridgehead atoms. The number of amides is 1. The molecule has 4 rings (SSSR count). The van der Waals surface area contributed by atoms with E-state index in [1.165, 1.54) is 11.3 Å². The maximum atomic E-state index is 12.3. The number of aromatic nitrogens is 1. The average molecular weight is 368 g/mol. The van der Waals surface area contributed by atoms with Crippen molar-refractivity contribution in [3.05, 3.63) is 54.1 Å². The van der Waals surface area contributed by atoms with Crippen LogP contribution in [0, 0.1) is 0 Å². The zero-order chi connectivity index (χ0) is 17.9. The summed E-state index contributed by atoms with van der Waals surface area (Å²) in [6.45, 7) is 3.16. The van der Waals surface area contributed by atoms with E-state index in [2.05, 4.69) is 22.0 Å². The van der Waals surface area contributed by atoms with Crippen molar-refractivity contribution in [1.82, 2.24) is 9.88 Å². The number of rotatable bonds is 3.